The van der Waals surface area contributed by atoms with Gasteiger partial charge in [0.25, 0.3) is 0 Å². The van der Waals surface area contributed by atoms with Gasteiger partial charge in [0.05, 0.1) is 5.56 Å². The Hall–Kier alpha value is -2.21. The lowest BCUT2D eigenvalue weighted by molar-refractivity contribution is 0.624. The molecule has 0 atom stereocenters. The smallest absolute Gasteiger partial charge is 0.140 e. The topological polar surface area (TPSA) is 23.8 Å². The molecule has 0 aliphatic rings. The molecule has 0 aromatic heterocycles. The zero-order chi connectivity index (χ0) is 14.0. The molecule has 0 amide bonds. The lowest BCUT2D eigenvalue weighted by atomic mass is 9.92. The highest BCUT2D eigenvalue weighted by Gasteiger charge is 2.12. The van der Waals surface area contributed by atoms with Gasteiger partial charge in [0.1, 0.15) is 17.7 Å². The van der Waals surface area contributed by atoms with Crippen LogP contribution >= 0.6 is 0 Å². The summed E-state index contributed by atoms with van der Waals surface area (Å²) in [6, 6.07) is 10.6. The maximum Gasteiger partial charge on any atom is 0.140 e. The zero-order valence-electron chi connectivity index (χ0n) is 10.7. The molecule has 0 bridgehead atoms. The lowest BCUT2D eigenvalue weighted by Gasteiger charge is -2.13. The van der Waals surface area contributed by atoms with E-state index in [2.05, 4.69) is 0 Å². The number of nitrogens with zero attached hydrogens (tertiary/aromatic N) is 1. The Balaban J connectivity index is 2.64. The summed E-state index contributed by atoms with van der Waals surface area (Å²) in [4.78, 5) is 0. The van der Waals surface area contributed by atoms with Gasteiger partial charge in [0.15, 0.2) is 0 Å². The standard InChI is InChI=1S/C16H13F2N/c1-10(2)14-5-4-13(17)8-15(14)11-3-6-16(18)12(7-11)9-19/h3-8,10H,1-2H3. The minimum atomic E-state index is -0.561. The molecule has 0 N–H and O–H groups in total. The maximum absolute atomic E-state index is 13.4. The van der Waals surface area contributed by atoms with Gasteiger partial charge in [-0.25, -0.2) is 8.78 Å². The molecule has 2 rings (SSSR count). The molecular formula is C16H13F2N. The Labute approximate surface area is 111 Å². The summed E-state index contributed by atoms with van der Waals surface area (Å²) in [7, 11) is 0. The van der Waals surface area contributed by atoms with Crippen molar-refractivity contribution in [1.29, 1.82) is 5.26 Å². The molecule has 0 saturated carbocycles. The van der Waals surface area contributed by atoms with E-state index in [0.29, 0.717) is 11.1 Å². The summed E-state index contributed by atoms with van der Waals surface area (Å²) in [6.07, 6.45) is 0. The average molecular weight is 257 g/mol. The molecule has 0 aliphatic heterocycles. The normalized spacial score (nSPS) is 10.5. The van der Waals surface area contributed by atoms with Crippen molar-refractivity contribution in [2.75, 3.05) is 0 Å². The average Bonchev–Trinajstić information content (AvgIpc) is 2.38. The zero-order valence-corrected chi connectivity index (χ0v) is 10.7. The molecule has 0 fully saturated rings. The first-order valence-corrected chi connectivity index (χ1v) is 6.02. The third-order valence-corrected chi connectivity index (χ3v) is 3.04. The second kappa shape index (κ2) is 5.19. The van der Waals surface area contributed by atoms with Crippen molar-refractivity contribution in [3.8, 4) is 17.2 Å². The highest BCUT2D eigenvalue weighted by molar-refractivity contribution is 5.69. The van der Waals surface area contributed by atoms with Crippen molar-refractivity contribution in [2.45, 2.75) is 19.8 Å². The second-order valence-corrected chi connectivity index (χ2v) is 4.69. The molecule has 19 heavy (non-hydrogen) atoms. The largest absolute Gasteiger partial charge is 0.207 e. The van der Waals surface area contributed by atoms with Crippen LogP contribution in [0, 0.1) is 23.0 Å². The van der Waals surface area contributed by atoms with Crippen LogP contribution in [0.3, 0.4) is 0 Å². The predicted octanol–water partition coefficient (Wildman–Crippen LogP) is 4.63. The Morgan fingerprint density at radius 3 is 2.42 bits per heavy atom. The van der Waals surface area contributed by atoms with Crippen LogP contribution in [0.15, 0.2) is 36.4 Å². The van der Waals surface area contributed by atoms with Crippen molar-refractivity contribution < 1.29 is 8.78 Å². The Bertz CT molecular complexity index is 654. The third-order valence-electron chi connectivity index (χ3n) is 3.04. The van der Waals surface area contributed by atoms with Gasteiger partial charge in [0.2, 0.25) is 0 Å². The summed E-state index contributed by atoms with van der Waals surface area (Å²) < 4.78 is 26.7. The van der Waals surface area contributed by atoms with Crippen LogP contribution < -0.4 is 0 Å². The van der Waals surface area contributed by atoms with E-state index >= 15 is 0 Å². The highest BCUT2D eigenvalue weighted by atomic mass is 19.1. The van der Waals surface area contributed by atoms with Crippen LogP contribution in [-0.2, 0) is 0 Å². The quantitative estimate of drug-likeness (QED) is 0.769. The van der Waals surface area contributed by atoms with E-state index in [0.717, 1.165) is 5.56 Å². The van der Waals surface area contributed by atoms with Gasteiger partial charge in [-0.15, -0.1) is 0 Å². The number of rotatable bonds is 2. The second-order valence-electron chi connectivity index (χ2n) is 4.69. The van der Waals surface area contributed by atoms with Crippen molar-refractivity contribution in [2.24, 2.45) is 0 Å². The van der Waals surface area contributed by atoms with Crippen molar-refractivity contribution >= 4 is 0 Å². The fourth-order valence-electron chi connectivity index (χ4n) is 2.06. The summed E-state index contributed by atoms with van der Waals surface area (Å²) >= 11 is 0. The molecule has 0 unspecified atom stereocenters. The lowest BCUT2D eigenvalue weighted by Crippen LogP contribution is -1.95. The van der Waals surface area contributed by atoms with Crippen LogP contribution in [0.1, 0.15) is 30.9 Å². The predicted molar refractivity (Wildman–Crippen MR) is 70.6 cm³/mol. The third kappa shape index (κ3) is 2.63. The van der Waals surface area contributed by atoms with Crippen LogP contribution in [-0.4, -0.2) is 0 Å². The van der Waals surface area contributed by atoms with Crippen LogP contribution in [0.2, 0.25) is 0 Å². The minimum Gasteiger partial charge on any atom is -0.207 e. The van der Waals surface area contributed by atoms with Crippen molar-refractivity contribution in [3.05, 3.63) is 59.2 Å². The molecule has 0 spiro atoms. The van der Waals surface area contributed by atoms with E-state index in [4.69, 9.17) is 5.26 Å². The molecule has 0 heterocycles. The number of hydrogen-bond donors (Lipinski definition) is 0. The SMILES string of the molecule is CC(C)c1ccc(F)cc1-c1ccc(F)c(C#N)c1. The summed E-state index contributed by atoms with van der Waals surface area (Å²) in [6.45, 7) is 4.01. The molecule has 3 heteroatoms. The number of benzene rings is 2. The molecule has 96 valence electrons. The minimum absolute atomic E-state index is 0.0310. The molecular weight excluding hydrogens is 244 g/mol. The molecule has 2 aromatic rings. The van der Waals surface area contributed by atoms with E-state index in [-0.39, 0.29) is 17.3 Å². The first-order valence-electron chi connectivity index (χ1n) is 6.02. The van der Waals surface area contributed by atoms with Crippen LogP contribution in [0.25, 0.3) is 11.1 Å². The van der Waals surface area contributed by atoms with Gasteiger partial charge >= 0.3 is 0 Å². The number of halogens is 2. The van der Waals surface area contributed by atoms with E-state index in [1.807, 2.05) is 13.8 Å². The van der Waals surface area contributed by atoms with Gasteiger partial charge in [-0.1, -0.05) is 26.0 Å². The van der Waals surface area contributed by atoms with E-state index in [1.54, 1.807) is 18.2 Å². The summed E-state index contributed by atoms with van der Waals surface area (Å²) in [5.74, 6) is -0.692. The van der Waals surface area contributed by atoms with E-state index in [1.165, 1.54) is 24.3 Å². The van der Waals surface area contributed by atoms with Gasteiger partial charge in [-0.05, 0) is 46.9 Å². The van der Waals surface area contributed by atoms with E-state index < -0.39 is 5.82 Å². The first-order chi connectivity index (χ1) is 9.02. The molecule has 1 nitrogen and oxygen atoms in total. The Kier molecular flexibility index (Phi) is 3.62. The molecule has 0 aliphatic carbocycles. The Morgan fingerprint density at radius 2 is 1.79 bits per heavy atom. The van der Waals surface area contributed by atoms with Crippen LogP contribution in [0.4, 0.5) is 8.78 Å². The first kappa shape index (κ1) is 13.2. The fraction of sp³-hybridized carbons (Fsp3) is 0.188. The Morgan fingerprint density at radius 1 is 1.05 bits per heavy atom. The number of hydrogen-bond acceptors (Lipinski definition) is 1. The van der Waals surface area contributed by atoms with Crippen LogP contribution in [0.5, 0.6) is 0 Å². The fourth-order valence-corrected chi connectivity index (χ4v) is 2.06. The van der Waals surface area contributed by atoms with E-state index in [9.17, 15) is 8.78 Å². The monoisotopic (exact) mass is 257 g/mol. The van der Waals surface area contributed by atoms with Crippen molar-refractivity contribution in [1.82, 2.24) is 0 Å². The van der Waals surface area contributed by atoms with Gasteiger partial charge in [-0.2, -0.15) is 5.26 Å². The van der Waals surface area contributed by atoms with Crippen molar-refractivity contribution in [3.63, 3.8) is 0 Å². The number of nitriles is 1. The van der Waals surface area contributed by atoms with Gasteiger partial charge < -0.3 is 0 Å². The molecule has 2 aromatic carbocycles. The molecule has 0 radical (unpaired) electrons. The maximum atomic E-state index is 13.4. The summed E-state index contributed by atoms with van der Waals surface area (Å²) in [5, 5.41) is 8.86. The highest BCUT2D eigenvalue weighted by Crippen LogP contribution is 2.30. The van der Waals surface area contributed by atoms with Gasteiger partial charge in [0, 0.05) is 0 Å². The van der Waals surface area contributed by atoms with Gasteiger partial charge in [-0.3, -0.25) is 0 Å². The molecule has 0 saturated heterocycles. The summed E-state index contributed by atoms with van der Waals surface area (Å²) in [5.41, 5.74) is 2.29.